The van der Waals surface area contributed by atoms with Gasteiger partial charge in [-0.15, -0.1) is 0 Å². The summed E-state index contributed by atoms with van der Waals surface area (Å²) in [6.45, 7) is 3.43. The topological polar surface area (TPSA) is 110 Å². The van der Waals surface area contributed by atoms with Crippen LogP contribution in [0.25, 0.3) is 5.65 Å². The van der Waals surface area contributed by atoms with E-state index in [-0.39, 0.29) is 18.1 Å². The van der Waals surface area contributed by atoms with Crippen LogP contribution in [0.15, 0.2) is 37.3 Å². The largest absolute Gasteiger partial charge is 0.378 e. The zero-order valence-corrected chi connectivity index (χ0v) is 15.7. The standard InChI is InChI=1S/C18H22N8O2/c1-12-9-25-10-17(22-8-16(25)23-12)26(14-3-4-19-7-15(14)28-2)24-18(27)13-5-20-11-21-6-13/h5-6,8-11,14-15,19H,3-4,7H2,1-2H3,(H,24,27). The summed E-state index contributed by atoms with van der Waals surface area (Å²) >= 11 is 0. The average Bonchev–Trinajstić information content (AvgIpc) is 3.11. The maximum absolute atomic E-state index is 12.8. The Morgan fingerprint density at radius 3 is 2.93 bits per heavy atom. The predicted molar refractivity (Wildman–Crippen MR) is 102 cm³/mol. The molecule has 1 amide bonds. The Morgan fingerprint density at radius 2 is 2.14 bits per heavy atom. The average molecular weight is 382 g/mol. The molecule has 3 aromatic rings. The van der Waals surface area contributed by atoms with Crippen LogP contribution in [0.3, 0.4) is 0 Å². The van der Waals surface area contributed by atoms with E-state index in [1.807, 2.05) is 23.7 Å². The van der Waals surface area contributed by atoms with Gasteiger partial charge in [-0.2, -0.15) is 0 Å². The molecule has 2 N–H and O–H groups in total. The first-order chi connectivity index (χ1) is 13.7. The number of methoxy groups -OCH3 is 1. The van der Waals surface area contributed by atoms with Crippen molar-refractivity contribution in [3.05, 3.63) is 48.6 Å². The first kappa shape index (κ1) is 18.3. The van der Waals surface area contributed by atoms with Crippen LogP contribution in [0.2, 0.25) is 0 Å². The summed E-state index contributed by atoms with van der Waals surface area (Å²) in [4.78, 5) is 29.6. The Hall–Kier alpha value is -3.11. The highest BCUT2D eigenvalue weighted by Crippen LogP contribution is 2.21. The highest BCUT2D eigenvalue weighted by atomic mass is 16.5. The van der Waals surface area contributed by atoms with Crippen molar-refractivity contribution in [2.45, 2.75) is 25.5 Å². The number of fused-ring (bicyclic) bond motifs is 1. The fourth-order valence-corrected chi connectivity index (χ4v) is 3.39. The van der Waals surface area contributed by atoms with Gasteiger partial charge in [-0.25, -0.2) is 19.9 Å². The number of aryl methyl sites for hydroxylation is 1. The molecule has 10 nitrogen and oxygen atoms in total. The Labute approximate surface area is 162 Å². The molecular formula is C18H22N8O2. The zero-order chi connectivity index (χ0) is 19.5. The van der Waals surface area contributed by atoms with Crippen LogP contribution in [-0.4, -0.2) is 62.6 Å². The number of hydrazine groups is 1. The second-order valence-electron chi connectivity index (χ2n) is 6.67. The van der Waals surface area contributed by atoms with E-state index >= 15 is 0 Å². The molecule has 2 unspecified atom stereocenters. The van der Waals surface area contributed by atoms with Crippen molar-refractivity contribution >= 4 is 17.4 Å². The van der Waals surface area contributed by atoms with Gasteiger partial charge in [0.2, 0.25) is 0 Å². The molecule has 146 valence electrons. The van der Waals surface area contributed by atoms with E-state index in [2.05, 4.69) is 30.7 Å². The molecule has 10 heteroatoms. The highest BCUT2D eigenvalue weighted by Gasteiger charge is 2.33. The van der Waals surface area contributed by atoms with Crippen molar-refractivity contribution in [2.24, 2.45) is 0 Å². The molecule has 1 fully saturated rings. The number of carbonyl (C=O) groups is 1. The van der Waals surface area contributed by atoms with E-state index in [0.29, 0.717) is 17.9 Å². The normalized spacial score (nSPS) is 19.5. The molecule has 0 saturated carbocycles. The Morgan fingerprint density at radius 1 is 1.32 bits per heavy atom. The van der Waals surface area contributed by atoms with Crippen LogP contribution < -0.4 is 15.8 Å². The number of imidazole rings is 1. The minimum atomic E-state index is -0.308. The van der Waals surface area contributed by atoms with E-state index < -0.39 is 0 Å². The van der Waals surface area contributed by atoms with Gasteiger partial charge in [0.25, 0.3) is 5.91 Å². The summed E-state index contributed by atoms with van der Waals surface area (Å²) in [5, 5.41) is 5.10. The maximum atomic E-state index is 12.8. The van der Waals surface area contributed by atoms with Crippen molar-refractivity contribution in [3.8, 4) is 0 Å². The minimum absolute atomic E-state index is 0.0885. The van der Waals surface area contributed by atoms with Crippen LogP contribution in [0.4, 0.5) is 5.82 Å². The molecule has 2 atom stereocenters. The number of piperidine rings is 1. The lowest BCUT2D eigenvalue weighted by Gasteiger charge is -2.39. The van der Waals surface area contributed by atoms with Gasteiger partial charge in [0, 0.05) is 32.2 Å². The Kier molecular flexibility index (Phi) is 5.13. The number of aromatic nitrogens is 5. The van der Waals surface area contributed by atoms with Crippen molar-refractivity contribution in [1.82, 2.24) is 35.1 Å². The number of nitrogens with zero attached hydrogens (tertiary/aromatic N) is 6. The first-order valence-electron chi connectivity index (χ1n) is 9.06. The maximum Gasteiger partial charge on any atom is 0.272 e. The van der Waals surface area contributed by atoms with Gasteiger partial charge in [-0.1, -0.05) is 0 Å². The molecule has 4 heterocycles. The smallest absolute Gasteiger partial charge is 0.272 e. The number of amides is 1. The molecule has 4 rings (SSSR count). The zero-order valence-electron chi connectivity index (χ0n) is 15.7. The van der Waals surface area contributed by atoms with Crippen LogP contribution in [-0.2, 0) is 4.74 Å². The van der Waals surface area contributed by atoms with Crippen molar-refractivity contribution in [2.75, 3.05) is 25.2 Å². The van der Waals surface area contributed by atoms with Crippen molar-refractivity contribution < 1.29 is 9.53 Å². The number of anilines is 1. The lowest BCUT2D eigenvalue weighted by Crippen LogP contribution is -2.59. The number of carbonyl (C=O) groups excluding carboxylic acids is 1. The molecule has 0 bridgehead atoms. The summed E-state index contributed by atoms with van der Waals surface area (Å²) in [5.74, 6) is 0.293. The predicted octanol–water partition coefficient (Wildman–Crippen LogP) is 0.356. The highest BCUT2D eigenvalue weighted by molar-refractivity contribution is 5.94. The number of hydrogen-bond acceptors (Lipinski definition) is 8. The van der Waals surface area contributed by atoms with Gasteiger partial charge in [-0.3, -0.25) is 15.2 Å². The monoisotopic (exact) mass is 382 g/mol. The van der Waals surface area contributed by atoms with E-state index in [1.54, 1.807) is 18.3 Å². The van der Waals surface area contributed by atoms with E-state index in [1.165, 1.54) is 18.7 Å². The third-order valence-corrected chi connectivity index (χ3v) is 4.77. The molecule has 0 aromatic carbocycles. The quantitative estimate of drug-likeness (QED) is 0.609. The number of rotatable bonds is 5. The summed E-state index contributed by atoms with van der Waals surface area (Å²) in [6, 6.07) is -0.0885. The van der Waals surface area contributed by atoms with Gasteiger partial charge in [-0.05, 0) is 19.9 Å². The minimum Gasteiger partial charge on any atom is -0.378 e. The van der Waals surface area contributed by atoms with Gasteiger partial charge in [0.15, 0.2) is 11.5 Å². The lowest BCUT2D eigenvalue weighted by molar-refractivity contribution is 0.0562. The molecular weight excluding hydrogens is 360 g/mol. The summed E-state index contributed by atoms with van der Waals surface area (Å²) < 4.78 is 7.55. The van der Waals surface area contributed by atoms with Gasteiger partial charge in [0.05, 0.1) is 35.8 Å². The lowest BCUT2D eigenvalue weighted by atomic mass is 10.0. The van der Waals surface area contributed by atoms with Crippen molar-refractivity contribution in [1.29, 1.82) is 0 Å². The van der Waals surface area contributed by atoms with Crippen LogP contribution in [0, 0.1) is 6.92 Å². The Balaban J connectivity index is 1.70. The Bertz CT molecular complexity index is 961. The fraction of sp³-hybridized carbons (Fsp3) is 0.389. The second kappa shape index (κ2) is 7.87. The molecule has 28 heavy (non-hydrogen) atoms. The van der Waals surface area contributed by atoms with E-state index in [9.17, 15) is 4.79 Å². The first-order valence-corrected chi connectivity index (χ1v) is 9.06. The van der Waals surface area contributed by atoms with Crippen LogP contribution >= 0.6 is 0 Å². The summed E-state index contributed by atoms with van der Waals surface area (Å²) in [5.41, 5.74) is 4.98. The van der Waals surface area contributed by atoms with Crippen molar-refractivity contribution in [3.63, 3.8) is 0 Å². The fourth-order valence-electron chi connectivity index (χ4n) is 3.39. The summed E-state index contributed by atoms with van der Waals surface area (Å²) in [6.07, 6.45) is 10.5. The SMILES string of the molecule is COC1CNCCC1N(NC(=O)c1cncnc1)c1cn2cc(C)nc2cn1. The number of hydrogen-bond donors (Lipinski definition) is 2. The molecule has 0 radical (unpaired) electrons. The molecule has 3 aromatic heterocycles. The molecule has 1 aliphatic rings. The van der Waals surface area contributed by atoms with Gasteiger partial charge < -0.3 is 14.5 Å². The molecule has 1 aliphatic heterocycles. The van der Waals surface area contributed by atoms with Gasteiger partial charge in [0.1, 0.15) is 6.33 Å². The third kappa shape index (κ3) is 3.64. The molecule has 1 saturated heterocycles. The number of nitrogens with one attached hydrogen (secondary N) is 2. The van der Waals surface area contributed by atoms with E-state index in [0.717, 1.165) is 24.3 Å². The van der Waals surface area contributed by atoms with Gasteiger partial charge >= 0.3 is 0 Å². The summed E-state index contributed by atoms with van der Waals surface area (Å²) in [7, 11) is 1.67. The molecule has 0 aliphatic carbocycles. The molecule has 0 spiro atoms. The van der Waals surface area contributed by atoms with Crippen LogP contribution in [0.5, 0.6) is 0 Å². The third-order valence-electron chi connectivity index (χ3n) is 4.77. The second-order valence-corrected chi connectivity index (χ2v) is 6.67. The van der Waals surface area contributed by atoms with Crippen LogP contribution in [0.1, 0.15) is 22.5 Å². The number of ether oxygens (including phenoxy) is 1. The van der Waals surface area contributed by atoms with E-state index in [4.69, 9.17) is 4.74 Å².